The largest absolute Gasteiger partial charge is 0.368 e. The van der Waals surface area contributed by atoms with E-state index in [2.05, 4.69) is 20.8 Å². The molecule has 0 rings (SSSR count). The summed E-state index contributed by atoms with van der Waals surface area (Å²) in [4.78, 5) is 0. The lowest BCUT2D eigenvalue weighted by molar-refractivity contribution is 0.545. The minimum atomic E-state index is 0.253. The molecule has 0 fully saturated rings. The quantitative estimate of drug-likeness (QED) is 0.223. The first-order valence-electron chi connectivity index (χ1n) is 9.35. The highest BCUT2D eigenvalue weighted by Crippen LogP contribution is 2.23. The highest BCUT2D eigenvalue weighted by Gasteiger charge is 2.10. The van der Waals surface area contributed by atoms with Crippen LogP contribution in [0.2, 0.25) is 8.60 Å². The average molecular weight is 279 g/mol. The highest BCUT2D eigenvalue weighted by atomic mass is 24.5. The Morgan fingerprint density at radius 2 is 1.16 bits per heavy atom. The molecule has 0 amide bonds. The van der Waals surface area contributed by atoms with Crippen LogP contribution in [0.4, 0.5) is 0 Å². The van der Waals surface area contributed by atoms with Crippen molar-refractivity contribution in [2.45, 2.75) is 113 Å². The predicted molar refractivity (Wildman–Crippen MR) is 91.4 cm³/mol. The third-order valence-electron chi connectivity index (χ3n) is 4.38. The predicted octanol–water partition coefficient (Wildman–Crippen LogP) is 7.03. The summed E-state index contributed by atoms with van der Waals surface area (Å²) in [6.07, 6.45) is 19.2. The van der Waals surface area contributed by atoms with Gasteiger partial charge in [0.1, 0.15) is 0 Å². The molecule has 1 heteroatoms. The fourth-order valence-corrected chi connectivity index (χ4v) is 5.73. The maximum absolute atomic E-state index is 2.37. The fourth-order valence-electron chi connectivity index (χ4n) is 3.09. The van der Waals surface area contributed by atoms with Crippen LogP contribution in [0.5, 0.6) is 0 Å². The van der Waals surface area contributed by atoms with Crippen LogP contribution >= 0.6 is 0 Å². The van der Waals surface area contributed by atoms with Crippen LogP contribution in [0.1, 0.15) is 104 Å². The van der Waals surface area contributed by atoms with Crippen LogP contribution in [0.3, 0.4) is 0 Å². The van der Waals surface area contributed by atoms with E-state index in [0.717, 1.165) is 0 Å². The van der Waals surface area contributed by atoms with Crippen molar-refractivity contribution in [3.8, 4) is 0 Å². The molecule has 19 heavy (non-hydrogen) atoms. The summed E-state index contributed by atoms with van der Waals surface area (Å²) < 4.78 is 2.79. The topological polar surface area (TPSA) is 0 Å². The molecule has 0 saturated carbocycles. The molecule has 0 aliphatic heterocycles. The summed E-state index contributed by atoms with van der Waals surface area (Å²) in [5, 5.41) is 0. The molecule has 0 radical (unpaired) electrons. The van der Waals surface area contributed by atoms with Crippen molar-refractivity contribution >= 4 is 20.4 Å². The Bertz CT molecular complexity index is 156. The molecule has 0 aliphatic rings. The van der Waals surface area contributed by atoms with Gasteiger partial charge in [0, 0.05) is 0 Å². The second-order valence-electron chi connectivity index (χ2n) is 6.41. The molecule has 0 spiro atoms. The van der Waals surface area contributed by atoms with Crippen LogP contribution in [0, 0.1) is 0 Å². The first-order valence-corrected chi connectivity index (χ1v) is 11.2. The first-order chi connectivity index (χ1) is 9.35. The van der Waals surface area contributed by atoms with Crippen molar-refractivity contribution in [2.24, 2.45) is 0 Å². The molecule has 112 valence electrons. The van der Waals surface area contributed by atoms with Crippen LogP contribution in [-0.2, 0) is 0 Å². The summed E-state index contributed by atoms with van der Waals surface area (Å²) >= 11 is 0.253. The third-order valence-corrected chi connectivity index (χ3v) is 6.92. The van der Waals surface area contributed by atoms with E-state index in [1.54, 1.807) is 11.0 Å². The van der Waals surface area contributed by atoms with Gasteiger partial charge in [0.2, 0.25) is 0 Å². The summed E-state index contributed by atoms with van der Waals surface area (Å²) in [5.41, 5.74) is 0. The Kier molecular flexibility index (Phi) is 17.5. The van der Waals surface area contributed by atoms with Crippen LogP contribution in [0.25, 0.3) is 0 Å². The molecule has 0 saturated heterocycles. The molecule has 0 aromatic heterocycles. The number of rotatable bonds is 15. The van der Waals surface area contributed by atoms with Crippen LogP contribution in [-0.4, -0.2) is 20.4 Å². The Morgan fingerprint density at radius 3 is 1.74 bits per heavy atom. The summed E-state index contributed by atoms with van der Waals surface area (Å²) in [5.74, 6) is 0. The lowest BCUT2D eigenvalue weighted by atomic mass is 10.0. The molecule has 0 nitrogen and oxygen atoms in total. The molecule has 0 bridgehead atoms. The number of hydrogen-bond acceptors (Lipinski definition) is 0. The maximum atomic E-state index is 2.37. The van der Waals surface area contributed by atoms with E-state index in [1.165, 1.54) is 81.1 Å². The lowest BCUT2D eigenvalue weighted by Crippen LogP contribution is -2.03. The first kappa shape index (κ1) is 19.8. The van der Waals surface area contributed by atoms with Gasteiger partial charge in [-0.15, -0.1) is 8.60 Å². The number of hydrogen-bond donors (Lipinski definition) is 0. The minimum Gasteiger partial charge on any atom is -0.145 e. The Morgan fingerprint density at radius 1 is 0.579 bits per heavy atom. The molecule has 0 aromatic rings. The molecular formula is C18H38Mg. The van der Waals surface area contributed by atoms with E-state index >= 15 is 0 Å². The van der Waals surface area contributed by atoms with E-state index in [9.17, 15) is 0 Å². The normalized spacial score (nSPS) is 12.4. The SMILES string of the molecule is CCCCCCCCCC[CH](CCC)[Mg][CH2]CCC. The summed E-state index contributed by atoms with van der Waals surface area (Å²) in [7, 11) is 0. The van der Waals surface area contributed by atoms with Gasteiger partial charge in [-0.2, -0.15) is 0 Å². The Balaban J connectivity index is 3.36. The van der Waals surface area contributed by atoms with Crippen molar-refractivity contribution in [2.75, 3.05) is 0 Å². The van der Waals surface area contributed by atoms with Gasteiger partial charge in [0.15, 0.2) is 0 Å². The zero-order valence-corrected chi connectivity index (χ0v) is 15.6. The van der Waals surface area contributed by atoms with Crippen molar-refractivity contribution in [1.82, 2.24) is 0 Å². The van der Waals surface area contributed by atoms with E-state index in [-0.39, 0.29) is 20.4 Å². The molecule has 0 aliphatic carbocycles. The van der Waals surface area contributed by atoms with E-state index in [0.29, 0.717) is 0 Å². The van der Waals surface area contributed by atoms with Gasteiger partial charge in [-0.05, 0) is 0 Å². The van der Waals surface area contributed by atoms with Gasteiger partial charge in [-0.25, -0.2) is 0 Å². The van der Waals surface area contributed by atoms with Gasteiger partial charge >= 0.3 is 20.4 Å². The number of unbranched alkanes of at least 4 members (excludes halogenated alkanes) is 8. The molecule has 1 atom stereocenters. The van der Waals surface area contributed by atoms with E-state index in [1.807, 2.05) is 0 Å². The highest BCUT2D eigenvalue weighted by molar-refractivity contribution is 6.37. The van der Waals surface area contributed by atoms with Gasteiger partial charge in [-0.3, -0.25) is 0 Å². The van der Waals surface area contributed by atoms with Gasteiger partial charge in [0.25, 0.3) is 0 Å². The molecule has 1 unspecified atom stereocenters. The summed E-state index contributed by atoms with van der Waals surface area (Å²) in [6, 6.07) is 0. The van der Waals surface area contributed by atoms with Gasteiger partial charge in [-0.1, -0.05) is 104 Å². The lowest BCUT2D eigenvalue weighted by Gasteiger charge is -2.14. The minimum absolute atomic E-state index is 0.253. The second kappa shape index (κ2) is 16.8. The monoisotopic (exact) mass is 278 g/mol. The average Bonchev–Trinajstić information content (AvgIpc) is 2.42. The van der Waals surface area contributed by atoms with Crippen molar-refractivity contribution in [1.29, 1.82) is 0 Å². The van der Waals surface area contributed by atoms with Crippen molar-refractivity contribution in [3.05, 3.63) is 0 Å². The zero-order valence-electron chi connectivity index (χ0n) is 14.2. The van der Waals surface area contributed by atoms with E-state index < -0.39 is 0 Å². The van der Waals surface area contributed by atoms with Crippen LogP contribution in [0.15, 0.2) is 0 Å². The van der Waals surface area contributed by atoms with Crippen LogP contribution < -0.4 is 0 Å². The standard InChI is InChI=1S/C14H29.C4H9.Mg/c1-3-5-7-9-11-13-14-12-10-8-6-4-2;1-3-4-2;/h7H,3-6,8-14H2,1-2H3;1,3-4H2,2H3;. The molecule has 0 heterocycles. The van der Waals surface area contributed by atoms with E-state index in [4.69, 9.17) is 0 Å². The Hall–Kier alpha value is 0.766. The molecular weight excluding hydrogens is 241 g/mol. The molecule has 0 aromatic carbocycles. The Labute approximate surface area is 133 Å². The van der Waals surface area contributed by atoms with Gasteiger partial charge < -0.3 is 0 Å². The zero-order chi connectivity index (χ0) is 14.2. The maximum Gasteiger partial charge on any atom is 0.368 e. The van der Waals surface area contributed by atoms with Crippen molar-refractivity contribution in [3.63, 3.8) is 0 Å². The smallest absolute Gasteiger partial charge is 0.145 e. The van der Waals surface area contributed by atoms with Crippen molar-refractivity contribution < 1.29 is 0 Å². The fraction of sp³-hybridized carbons (Fsp3) is 1.00. The summed E-state index contributed by atoms with van der Waals surface area (Å²) in [6.45, 7) is 7.01. The second-order valence-corrected chi connectivity index (χ2v) is 8.85. The molecule has 0 N–H and O–H groups in total. The third kappa shape index (κ3) is 15.0. The van der Waals surface area contributed by atoms with Gasteiger partial charge in [0.05, 0.1) is 0 Å².